The van der Waals surface area contributed by atoms with Crippen LogP contribution in [0, 0.1) is 13.8 Å². The first-order valence-electron chi connectivity index (χ1n) is 10.2. The number of aryl methyl sites for hydroxylation is 2. The molecule has 0 spiro atoms. The zero-order valence-electron chi connectivity index (χ0n) is 18.8. The molecule has 2 rings (SSSR count). The van der Waals surface area contributed by atoms with Gasteiger partial charge in [-0.05, 0) is 71.7 Å². The monoisotopic (exact) mass is 422 g/mol. The fraction of sp³-hybridized carbons (Fsp3) is 0.591. The van der Waals surface area contributed by atoms with E-state index in [0.717, 1.165) is 54.7 Å². The van der Waals surface area contributed by atoms with E-state index in [2.05, 4.69) is 24.0 Å². The Morgan fingerprint density at radius 1 is 1.03 bits per heavy atom. The molecule has 2 aromatic rings. The number of benzene rings is 1. The Balaban J connectivity index is 0.000000290. The number of halogens is 1. The molecular weight excluding hydrogens is 388 g/mol. The summed E-state index contributed by atoms with van der Waals surface area (Å²) in [5.41, 5.74) is 0.643. The largest absolute Gasteiger partial charge is 0.444 e. The summed E-state index contributed by atoms with van der Waals surface area (Å²) in [6, 6.07) is 7.61. The van der Waals surface area contributed by atoms with Crippen LogP contribution in [-0.2, 0) is 4.74 Å². The zero-order chi connectivity index (χ0) is 22.0. The lowest BCUT2D eigenvalue weighted by Gasteiger charge is -2.27. The van der Waals surface area contributed by atoms with Crippen LogP contribution >= 0.6 is 11.6 Å². The first-order chi connectivity index (χ1) is 13.6. The topological polar surface area (TPSA) is 60.3 Å². The Kier molecular flexibility index (Phi) is 10.2. The number of ether oxygens (including phenoxy) is 1. The normalized spacial score (nSPS) is 10.9. The molecule has 6 nitrogen and oxygen atoms in total. The van der Waals surface area contributed by atoms with Crippen LogP contribution in [0.2, 0.25) is 5.02 Å². The highest BCUT2D eigenvalue weighted by atomic mass is 35.5. The number of amides is 1. The first-order valence-corrected chi connectivity index (χ1v) is 10.6. The van der Waals surface area contributed by atoms with Crippen molar-refractivity contribution in [2.75, 3.05) is 13.1 Å². The molecule has 7 heteroatoms. The Morgan fingerprint density at radius 3 is 2.03 bits per heavy atom. The molecule has 1 heterocycles. The van der Waals surface area contributed by atoms with Crippen LogP contribution < -0.4 is 0 Å². The number of hydrogen-bond donors (Lipinski definition) is 0. The lowest BCUT2D eigenvalue weighted by Crippen LogP contribution is -2.37. The lowest BCUT2D eigenvalue weighted by molar-refractivity contribution is 0.0247. The van der Waals surface area contributed by atoms with Crippen molar-refractivity contribution >= 4 is 17.7 Å². The van der Waals surface area contributed by atoms with Crippen molar-refractivity contribution < 1.29 is 9.53 Å². The molecular formula is C22H35ClN4O2. The highest BCUT2D eigenvalue weighted by Gasteiger charge is 2.20. The summed E-state index contributed by atoms with van der Waals surface area (Å²) < 4.78 is 7.32. The third-order valence-electron chi connectivity index (χ3n) is 4.00. The molecule has 1 aromatic heterocycles. The summed E-state index contributed by atoms with van der Waals surface area (Å²) in [6.45, 7) is 15.3. The van der Waals surface area contributed by atoms with Gasteiger partial charge in [0.25, 0.3) is 0 Å². The van der Waals surface area contributed by atoms with Crippen molar-refractivity contribution in [1.29, 1.82) is 0 Å². The van der Waals surface area contributed by atoms with Crippen molar-refractivity contribution in [2.24, 2.45) is 0 Å². The van der Waals surface area contributed by atoms with Gasteiger partial charge in [-0.1, -0.05) is 31.9 Å². The van der Waals surface area contributed by atoms with Gasteiger partial charge < -0.3 is 9.64 Å². The average Bonchev–Trinajstić information content (AvgIpc) is 2.97. The fourth-order valence-corrected chi connectivity index (χ4v) is 2.80. The molecule has 1 aromatic carbocycles. The number of unbranched alkanes of at least 4 members (excludes halogenated alkanes) is 1. The minimum Gasteiger partial charge on any atom is -0.444 e. The number of carbonyl (C=O) groups excluding carboxylic acids is 1. The maximum absolute atomic E-state index is 11.8. The Morgan fingerprint density at radius 2 is 1.59 bits per heavy atom. The maximum Gasteiger partial charge on any atom is 0.410 e. The maximum atomic E-state index is 11.8. The molecule has 0 N–H and O–H groups in total. The minimum atomic E-state index is -0.394. The predicted octanol–water partition coefficient (Wildman–Crippen LogP) is 5.97. The second-order valence-electron chi connectivity index (χ2n) is 7.93. The highest BCUT2D eigenvalue weighted by molar-refractivity contribution is 6.30. The van der Waals surface area contributed by atoms with Crippen LogP contribution in [0.1, 0.15) is 65.5 Å². The van der Waals surface area contributed by atoms with Crippen LogP contribution in [-0.4, -0.2) is 44.4 Å². The summed E-state index contributed by atoms with van der Waals surface area (Å²) in [4.78, 5) is 13.6. The quantitative estimate of drug-likeness (QED) is 0.575. The number of hydrogen-bond acceptors (Lipinski definition) is 4. The molecule has 29 heavy (non-hydrogen) atoms. The third kappa shape index (κ3) is 8.86. The number of carbonyl (C=O) groups is 1. The van der Waals surface area contributed by atoms with Crippen LogP contribution in [0.25, 0.3) is 5.69 Å². The van der Waals surface area contributed by atoms with Crippen molar-refractivity contribution in [1.82, 2.24) is 19.7 Å². The second-order valence-corrected chi connectivity index (χ2v) is 8.36. The van der Waals surface area contributed by atoms with Gasteiger partial charge >= 0.3 is 6.09 Å². The van der Waals surface area contributed by atoms with Crippen molar-refractivity contribution in [3.63, 3.8) is 0 Å². The number of aromatic nitrogens is 3. The van der Waals surface area contributed by atoms with E-state index in [9.17, 15) is 4.79 Å². The second kappa shape index (κ2) is 11.8. The fourth-order valence-electron chi connectivity index (χ4n) is 2.67. The molecule has 0 bridgehead atoms. The molecule has 0 saturated carbocycles. The minimum absolute atomic E-state index is 0.183. The molecule has 0 aliphatic rings. The van der Waals surface area contributed by atoms with Crippen LogP contribution in [0.15, 0.2) is 24.3 Å². The summed E-state index contributed by atoms with van der Waals surface area (Å²) in [5, 5.41) is 8.72. The molecule has 0 radical (unpaired) electrons. The summed E-state index contributed by atoms with van der Waals surface area (Å²) in [5.74, 6) is 1.76. The molecule has 0 atom stereocenters. The van der Waals surface area contributed by atoms with Crippen molar-refractivity contribution in [2.45, 2.75) is 73.3 Å². The van der Waals surface area contributed by atoms with Gasteiger partial charge in [0.1, 0.15) is 17.2 Å². The van der Waals surface area contributed by atoms with Crippen LogP contribution in [0.4, 0.5) is 4.79 Å². The molecule has 0 aliphatic heterocycles. The predicted molar refractivity (Wildman–Crippen MR) is 119 cm³/mol. The Labute approximate surface area is 180 Å². The SMILES string of the molecule is CCCCN(CCC)C(=O)OC(C)(C)C.Cc1nnc(C)n1-c1ccc(Cl)cc1. The van der Waals surface area contributed by atoms with Gasteiger partial charge in [-0.2, -0.15) is 0 Å². The molecule has 0 fully saturated rings. The van der Waals surface area contributed by atoms with Gasteiger partial charge in [0.15, 0.2) is 0 Å². The van der Waals surface area contributed by atoms with Gasteiger partial charge in [0.05, 0.1) is 0 Å². The number of nitrogens with zero attached hydrogens (tertiary/aromatic N) is 4. The Bertz CT molecular complexity index is 732. The number of rotatable bonds is 6. The summed E-state index contributed by atoms with van der Waals surface area (Å²) in [7, 11) is 0. The standard InChI is InChI=1S/C12H25NO2.C10H10ClN3/c1-6-8-10-13(9-7-2)11(14)15-12(3,4)5;1-7-12-13-8(2)14(7)10-5-3-9(11)4-6-10/h6-10H2,1-5H3;3-6H,1-2H3. The van der Waals surface area contributed by atoms with E-state index < -0.39 is 5.60 Å². The highest BCUT2D eigenvalue weighted by Crippen LogP contribution is 2.15. The van der Waals surface area contributed by atoms with E-state index in [0.29, 0.717) is 0 Å². The molecule has 0 unspecified atom stereocenters. The van der Waals surface area contributed by atoms with Gasteiger partial charge in [0, 0.05) is 23.8 Å². The zero-order valence-corrected chi connectivity index (χ0v) is 19.6. The van der Waals surface area contributed by atoms with Gasteiger partial charge in [-0.15, -0.1) is 10.2 Å². The van der Waals surface area contributed by atoms with E-state index in [1.165, 1.54) is 0 Å². The van der Waals surface area contributed by atoms with Gasteiger partial charge in [0.2, 0.25) is 0 Å². The summed E-state index contributed by atoms with van der Waals surface area (Å²) >= 11 is 5.81. The average molecular weight is 423 g/mol. The van der Waals surface area contributed by atoms with Crippen molar-refractivity contribution in [3.8, 4) is 5.69 Å². The summed E-state index contributed by atoms with van der Waals surface area (Å²) in [6.07, 6.45) is 2.93. The van der Waals surface area contributed by atoms with Gasteiger partial charge in [-0.3, -0.25) is 4.57 Å². The van der Waals surface area contributed by atoms with Crippen LogP contribution in [0.5, 0.6) is 0 Å². The van der Waals surface area contributed by atoms with Crippen LogP contribution in [0.3, 0.4) is 0 Å². The van der Waals surface area contributed by atoms with E-state index in [4.69, 9.17) is 16.3 Å². The van der Waals surface area contributed by atoms with Gasteiger partial charge in [-0.25, -0.2) is 4.79 Å². The molecule has 0 saturated heterocycles. The van der Waals surface area contributed by atoms with Crippen molar-refractivity contribution in [3.05, 3.63) is 40.9 Å². The van der Waals surface area contributed by atoms with E-state index in [-0.39, 0.29) is 6.09 Å². The van der Waals surface area contributed by atoms with E-state index >= 15 is 0 Å². The Hall–Kier alpha value is -2.08. The lowest BCUT2D eigenvalue weighted by atomic mass is 10.2. The molecule has 1 amide bonds. The van der Waals surface area contributed by atoms with E-state index in [1.807, 2.05) is 63.5 Å². The first kappa shape index (κ1) is 25.0. The van der Waals surface area contributed by atoms with E-state index in [1.54, 1.807) is 4.90 Å². The molecule has 162 valence electrons. The third-order valence-corrected chi connectivity index (χ3v) is 4.25. The smallest absolute Gasteiger partial charge is 0.410 e. The molecule has 0 aliphatic carbocycles.